The molecule has 4 heterocycles. The maximum Gasteiger partial charge on any atom is 0.298 e. The maximum absolute atomic E-state index is 13.2. The Labute approximate surface area is 168 Å². The van der Waals surface area contributed by atoms with E-state index in [2.05, 4.69) is 30.8 Å². The number of anilines is 2. The third-order valence-electron chi connectivity index (χ3n) is 4.92. The predicted molar refractivity (Wildman–Crippen MR) is 105 cm³/mol. The van der Waals surface area contributed by atoms with Crippen LogP contribution >= 0.6 is 0 Å². The number of ether oxygens (including phenoxy) is 2. The van der Waals surface area contributed by atoms with Crippen LogP contribution < -0.4 is 26.1 Å². The standard InChI is InChI=1S/C18H17N7O5/c19-15-12(16(27)20-18-21-23-24-22-18)8-11-14(26)10-7-9(25-3-5-28-6-4-25)1-2-13(10)29-17(11)30-15/h1-2,7-8,15H,3-6,19H2,(H2,20,21,22,23,24,27). The summed E-state index contributed by atoms with van der Waals surface area (Å²) in [6.07, 6.45) is 0.239. The minimum Gasteiger partial charge on any atom is -0.441 e. The summed E-state index contributed by atoms with van der Waals surface area (Å²) in [6.45, 7) is 2.73. The van der Waals surface area contributed by atoms with Crippen molar-refractivity contribution >= 4 is 34.6 Å². The average Bonchev–Trinajstić information content (AvgIpc) is 3.27. The molecule has 2 aromatic heterocycles. The van der Waals surface area contributed by atoms with Crippen LogP contribution in [0.25, 0.3) is 17.0 Å². The van der Waals surface area contributed by atoms with E-state index in [-0.39, 0.29) is 28.5 Å². The molecule has 12 nitrogen and oxygen atoms in total. The second kappa shape index (κ2) is 7.24. The third kappa shape index (κ3) is 3.17. The molecule has 0 radical (unpaired) electrons. The topological polar surface area (TPSA) is 161 Å². The molecule has 12 heteroatoms. The van der Waals surface area contributed by atoms with Gasteiger partial charge in [0.1, 0.15) is 11.1 Å². The van der Waals surface area contributed by atoms with Crippen molar-refractivity contribution in [2.45, 2.75) is 6.23 Å². The number of carbonyl (C=O) groups is 1. The molecule has 0 spiro atoms. The molecular weight excluding hydrogens is 394 g/mol. The van der Waals surface area contributed by atoms with Crippen LogP contribution in [0, 0.1) is 0 Å². The second-order valence-corrected chi connectivity index (χ2v) is 6.74. The number of carbonyl (C=O) groups excluding carboxylic acids is 1. The predicted octanol–water partition coefficient (Wildman–Crippen LogP) is -0.158. The van der Waals surface area contributed by atoms with Crippen molar-refractivity contribution in [2.75, 3.05) is 36.5 Å². The molecule has 0 aliphatic carbocycles. The van der Waals surface area contributed by atoms with Crippen LogP contribution in [0.5, 0.6) is 5.95 Å². The fourth-order valence-electron chi connectivity index (χ4n) is 3.41. The zero-order valence-corrected chi connectivity index (χ0v) is 15.6. The number of hydrogen-bond acceptors (Lipinski definition) is 10. The van der Waals surface area contributed by atoms with Gasteiger partial charge in [-0.25, -0.2) is 0 Å². The molecule has 154 valence electrons. The summed E-state index contributed by atoms with van der Waals surface area (Å²) in [6, 6.07) is 5.37. The van der Waals surface area contributed by atoms with Crippen LogP contribution in [-0.4, -0.2) is 59.1 Å². The van der Waals surface area contributed by atoms with Crippen molar-refractivity contribution in [3.8, 4) is 5.95 Å². The molecule has 1 saturated heterocycles. The first-order chi connectivity index (χ1) is 14.6. The molecule has 1 aromatic carbocycles. The molecule has 30 heavy (non-hydrogen) atoms. The number of nitrogens with zero attached hydrogens (tertiary/aromatic N) is 4. The molecule has 1 amide bonds. The summed E-state index contributed by atoms with van der Waals surface area (Å²) in [7, 11) is 0. The second-order valence-electron chi connectivity index (χ2n) is 6.74. The van der Waals surface area contributed by atoms with E-state index in [1.54, 1.807) is 12.1 Å². The van der Waals surface area contributed by atoms with E-state index in [1.165, 1.54) is 6.08 Å². The number of aromatic nitrogens is 4. The van der Waals surface area contributed by atoms with E-state index in [4.69, 9.17) is 19.6 Å². The SMILES string of the molecule is NC1Oc2oc3ccc(N4CCOCC4)cc3c(=O)c2C=C1C(=O)Nc1nn[nH]n1. The van der Waals surface area contributed by atoms with Crippen molar-refractivity contribution < 1.29 is 18.7 Å². The van der Waals surface area contributed by atoms with Gasteiger partial charge in [0.15, 0.2) is 6.23 Å². The van der Waals surface area contributed by atoms with Crippen LogP contribution in [0.15, 0.2) is 33.0 Å². The molecular formula is C18H17N7O5. The lowest BCUT2D eigenvalue weighted by Gasteiger charge is -2.29. The molecule has 3 aromatic rings. The molecule has 0 saturated carbocycles. The number of nitrogens with one attached hydrogen (secondary N) is 2. The maximum atomic E-state index is 13.2. The Hall–Kier alpha value is -3.77. The van der Waals surface area contributed by atoms with Gasteiger partial charge in [0, 0.05) is 18.8 Å². The summed E-state index contributed by atoms with van der Waals surface area (Å²) < 4.78 is 16.6. The van der Waals surface area contributed by atoms with Gasteiger partial charge in [-0.05, 0) is 29.5 Å². The molecule has 1 fully saturated rings. The summed E-state index contributed by atoms with van der Waals surface area (Å²) in [5, 5.41) is 15.7. The van der Waals surface area contributed by atoms with E-state index < -0.39 is 12.1 Å². The van der Waals surface area contributed by atoms with Gasteiger partial charge in [0.05, 0.1) is 24.2 Å². The highest BCUT2D eigenvalue weighted by Crippen LogP contribution is 2.31. The summed E-state index contributed by atoms with van der Waals surface area (Å²) in [4.78, 5) is 27.8. The van der Waals surface area contributed by atoms with Crippen LogP contribution in [0.1, 0.15) is 5.56 Å². The number of nitrogens with two attached hydrogens (primary N) is 1. The van der Waals surface area contributed by atoms with E-state index in [0.29, 0.717) is 24.2 Å². The fraction of sp³-hybridized carbons (Fsp3) is 0.278. The highest BCUT2D eigenvalue weighted by atomic mass is 16.6. The normalized spacial score (nSPS) is 18.5. The first-order valence-electron chi connectivity index (χ1n) is 9.22. The number of aromatic amines is 1. The van der Waals surface area contributed by atoms with Crippen LogP contribution in [0.2, 0.25) is 0 Å². The molecule has 4 N–H and O–H groups in total. The largest absolute Gasteiger partial charge is 0.441 e. The van der Waals surface area contributed by atoms with Gasteiger partial charge >= 0.3 is 0 Å². The summed E-state index contributed by atoms with van der Waals surface area (Å²) in [5.41, 5.74) is 7.03. The number of fused-ring (bicyclic) bond motifs is 2. The number of benzene rings is 1. The van der Waals surface area contributed by atoms with E-state index in [9.17, 15) is 9.59 Å². The average molecular weight is 411 g/mol. The number of amides is 1. The zero-order valence-electron chi connectivity index (χ0n) is 15.6. The van der Waals surface area contributed by atoms with Crippen LogP contribution in [-0.2, 0) is 9.53 Å². The molecule has 2 aliphatic heterocycles. The van der Waals surface area contributed by atoms with E-state index in [1.807, 2.05) is 6.07 Å². The first kappa shape index (κ1) is 18.3. The Balaban J connectivity index is 1.54. The number of hydrogen-bond donors (Lipinski definition) is 3. The monoisotopic (exact) mass is 411 g/mol. The van der Waals surface area contributed by atoms with Gasteiger partial charge in [-0.15, -0.1) is 5.10 Å². The first-order valence-corrected chi connectivity index (χ1v) is 9.22. The van der Waals surface area contributed by atoms with Gasteiger partial charge in [0.2, 0.25) is 5.43 Å². The van der Waals surface area contributed by atoms with Gasteiger partial charge in [-0.1, -0.05) is 5.10 Å². The Kier molecular flexibility index (Phi) is 4.41. The van der Waals surface area contributed by atoms with Crippen molar-refractivity contribution in [3.05, 3.63) is 39.6 Å². The molecule has 0 bridgehead atoms. The molecule has 2 aliphatic rings. The van der Waals surface area contributed by atoms with Crippen molar-refractivity contribution in [2.24, 2.45) is 5.73 Å². The number of morpholine rings is 1. The highest BCUT2D eigenvalue weighted by Gasteiger charge is 2.29. The minimum atomic E-state index is -1.13. The Morgan fingerprint density at radius 2 is 2.13 bits per heavy atom. The summed E-state index contributed by atoms with van der Waals surface area (Å²) in [5.74, 6) is -0.675. The number of tetrazole rings is 1. The van der Waals surface area contributed by atoms with Crippen LogP contribution in [0.3, 0.4) is 0 Å². The summed E-state index contributed by atoms with van der Waals surface area (Å²) >= 11 is 0. The lowest BCUT2D eigenvalue weighted by molar-refractivity contribution is -0.113. The van der Waals surface area contributed by atoms with Crippen LogP contribution in [0.4, 0.5) is 11.6 Å². The van der Waals surface area contributed by atoms with Gasteiger partial charge < -0.3 is 18.8 Å². The zero-order chi connectivity index (χ0) is 20.7. The van der Waals surface area contributed by atoms with Crippen molar-refractivity contribution in [1.82, 2.24) is 20.6 Å². The van der Waals surface area contributed by atoms with Gasteiger partial charge in [0.25, 0.3) is 17.8 Å². The molecule has 1 unspecified atom stereocenters. The van der Waals surface area contributed by atoms with Crippen molar-refractivity contribution in [3.63, 3.8) is 0 Å². The van der Waals surface area contributed by atoms with Crippen molar-refractivity contribution in [1.29, 1.82) is 0 Å². The molecule has 5 rings (SSSR count). The fourth-order valence-corrected chi connectivity index (χ4v) is 3.41. The Morgan fingerprint density at radius 1 is 1.30 bits per heavy atom. The highest BCUT2D eigenvalue weighted by molar-refractivity contribution is 6.07. The van der Waals surface area contributed by atoms with Gasteiger partial charge in [-0.3, -0.25) is 20.6 Å². The third-order valence-corrected chi connectivity index (χ3v) is 4.92. The minimum absolute atomic E-state index is 0.0282. The number of rotatable bonds is 3. The van der Waals surface area contributed by atoms with E-state index in [0.717, 1.165) is 18.8 Å². The Morgan fingerprint density at radius 3 is 2.90 bits per heavy atom. The van der Waals surface area contributed by atoms with E-state index >= 15 is 0 Å². The van der Waals surface area contributed by atoms with Gasteiger partial charge in [-0.2, -0.15) is 5.21 Å². The smallest absolute Gasteiger partial charge is 0.298 e. The quantitative estimate of drug-likeness (QED) is 0.528. The number of H-pyrrole nitrogens is 1. The lowest BCUT2D eigenvalue weighted by Crippen LogP contribution is -2.38. The Bertz CT molecular complexity index is 1200. The lowest BCUT2D eigenvalue weighted by atomic mass is 10.1. The molecule has 1 atom stereocenters.